The maximum absolute atomic E-state index is 13.6. The first kappa shape index (κ1) is 36.3. The van der Waals surface area contributed by atoms with Crippen molar-refractivity contribution in [2.24, 2.45) is 0 Å². The Kier molecular flexibility index (Phi) is 13.2. The summed E-state index contributed by atoms with van der Waals surface area (Å²) in [7, 11) is -2.81. The van der Waals surface area contributed by atoms with Gasteiger partial charge in [0.15, 0.2) is 28.2 Å². The van der Waals surface area contributed by atoms with E-state index >= 15 is 0 Å². The number of pyridine rings is 2. The van der Waals surface area contributed by atoms with Crippen molar-refractivity contribution in [1.82, 2.24) is 40.6 Å². The number of aromatic amines is 1. The number of nitrogens with zero attached hydrogens (tertiary/aromatic N) is 7. The molecule has 0 aliphatic rings. The second-order valence-electron chi connectivity index (χ2n) is 9.21. The Balaban J connectivity index is 0.00000276. The normalized spacial score (nSPS) is 10.9. The van der Waals surface area contributed by atoms with Gasteiger partial charge in [0.2, 0.25) is 11.6 Å². The first-order chi connectivity index (χ1) is 20.8. The fourth-order valence-electron chi connectivity index (χ4n) is 3.81. The molecule has 0 atom stereocenters. The molecular weight excluding hydrogens is 624 g/mol. The smallest absolute Gasteiger partial charge is 0.493 e. The van der Waals surface area contributed by atoms with E-state index in [0.29, 0.717) is 17.0 Å². The monoisotopic (exact) mass is 651 g/mol. The van der Waals surface area contributed by atoms with Gasteiger partial charge in [-0.05, 0) is 47.0 Å². The topological polar surface area (TPSA) is 200 Å². The quantitative estimate of drug-likeness (QED) is 0.117. The molecule has 0 aliphatic carbocycles. The van der Waals surface area contributed by atoms with Gasteiger partial charge in [-0.2, -0.15) is 18.6 Å². The van der Waals surface area contributed by atoms with Gasteiger partial charge in [0.25, 0.3) is 15.9 Å². The molecule has 15 nitrogen and oxygen atoms in total. The summed E-state index contributed by atoms with van der Waals surface area (Å²) in [5.41, 5.74) is 1.66. The van der Waals surface area contributed by atoms with E-state index in [1.54, 1.807) is 42.5 Å². The number of hydrogen-bond acceptors (Lipinski definition) is 13. The molecule has 5 rings (SSSR count). The van der Waals surface area contributed by atoms with Crippen LogP contribution in [0.2, 0.25) is 0 Å². The number of H-pyrrole nitrogens is 1. The SMILES string of the molecule is COc1ccccc1Oc1c(NS(=O)(=O)c2ccc(C(C)C)cn2)nc(-c2ccnc(-c3nn[nH]n3)c2)nc1OCCO.[Na+].[Na+]. The van der Waals surface area contributed by atoms with Crippen molar-refractivity contribution in [2.75, 3.05) is 25.0 Å². The number of ether oxygens (including phenoxy) is 3. The molecule has 1 aromatic carbocycles. The number of methoxy groups -OCH3 is 1. The summed E-state index contributed by atoms with van der Waals surface area (Å²) in [5.74, 6) is 0.458. The van der Waals surface area contributed by atoms with Crippen LogP contribution >= 0.6 is 0 Å². The van der Waals surface area contributed by atoms with Gasteiger partial charge in [-0.15, -0.1) is 10.2 Å². The number of aliphatic hydroxyl groups excluding tert-OH is 1. The third kappa shape index (κ3) is 8.74. The van der Waals surface area contributed by atoms with Crippen LogP contribution in [0.4, 0.5) is 5.82 Å². The molecule has 0 saturated carbocycles. The number of aliphatic hydroxyl groups is 1. The molecule has 0 radical (unpaired) electrons. The van der Waals surface area contributed by atoms with Gasteiger partial charge < -0.3 is 19.3 Å². The second kappa shape index (κ2) is 16.4. The van der Waals surface area contributed by atoms with Crippen molar-refractivity contribution in [3.05, 3.63) is 66.5 Å². The number of rotatable bonds is 12. The molecule has 45 heavy (non-hydrogen) atoms. The molecule has 0 aliphatic heterocycles. The van der Waals surface area contributed by atoms with Crippen molar-refractivity contribution in [2.45, 2.75) is 24.8 Å². The van der Waals surface area contributed by atoms with Crippen LogP contribution in [0.15, 0.2) is 66.0 Å². The summed E-state index contributed by atoms with van der Waals surface area (Å²) in [4.78, 5) is 17.4. The van der Waals surface area contributed by atoms with E-state index in [4.69, 9.17) is 14.2 Å². The number of para-hydroxylation sites is 2. The molecule has 0 fully saturated rings. The van der Waals surface area contributed by atoms with Gasteiger partial charge in [0.05, 0.1) is 13.7 Å². The average molecular weight is 652 g/mol. The third-order valence-electron chi connectivity index (χ3n) is 5.97. The first-order valence-electron chi connectivity index (χ1n) is 12.9. The molecule has 5 aromatic rings. The predicted molar refractivity (Wildman–Crippen MR) is 153 cm³/mol. The van der Waals surface area contributed by atoms with E-state index in [9.17, 15) is 13.5 Å². The first-order valence-corrected chi connectivity index (χ1v) is 14.4. The number of benzene rings is 1. The molecule has 0 amide bonds. The Bertz CT molecular complexity index is 1810. The van der Waals surface area contributed by atoms with Crippen molar-refractivity contribution in [3.63, 3.8) is 0 Å². The van der Waals surface area contributed by atoms with Crippen LogP contribution in [0.25, 0.3) is 22.9 Å². The molecule has 3 N–H and O–H groups in total. The zero-order valence-corrected chi connectivity index (χ0v) is 30.1. The fourth-order valence-corrected chi connectivity index (χ4v) is 4.74. The largest absolute Gasteiger partial charge is 1.00 e. The fraction of sp³-hybridized carbons (Fsp3) is 0.222. The van der Waals surface area contributed by atoms with Crippen LogP contribution < -0.4 is 78.0 Å². The van der Waals surface area contributed by atoms with Gasteiger partial charge in [0.1, 0.15) is 12.3 Å². The van der Waals surface area contributed by atoms with Crippen LogP contribution in [-0.4, -0.2) is 74.4 Å². The van der Waals surface area contributed by atoms with Crippen molar-refractivity contribution in [3.8, 4) is 46.0 Å². The molecule has 0 spiro atoms. The van der Waals surface area contributed by atoms with E-state index in [0.717, 1.165) is 5.56 Å². The minimum atomic E-state index is -4.28. The zero-order chi connectivity index (χ0) is 30.4. The van der Waals surface area contributed by atoms with Gasteiger partial charge in [0, 0.05) is 18.0 Å². The predicted octanol–water partition coefficient (Wildman–Crippen LogP) is -2.78. The van der Waals surface area contributed by atoms with E-state index in [1.165, 1.54) is 25.6 Å². The molecule has 18 heteroatoms. The third-order valence-corrected chi connectivity index (χ3v) is 7.22. The Labute approximate surface area is 303 Å². The maximum Gasteiger partial charge on any atom is 1.00 e. The summed E-state index contributed by atoms with van der Waals surface area (Å²) in [6.45, 7) is 3.43. The number of nitrogens with one attached hydrogen (secondary N) is 2. The summed E-state index contributed by atoms with van der Waals surface area (Å²) < 4.78 is 46.8. The van der Waals surface area contributed by atoms with E-state index < -0.39 is 10.0 Å². The Morgan fingerprint density at radius 2 is 1.78 bits per heavy atom. The zero-order valence-electron chi connectivity index (χ0n) is 25.3. The number of tetrazole rings is 1. The van der Waals surface area contributed by atoms with Gasteiger partial charge >= 0.3 is 59.1 Å². The number of sulfonamides is 1. The summed E-state index contributed by atoms with van der Waals surface area (Å²) in [6, 6.07) is 13.0. The van der Waals surface area contributed by atoms with Gasteiger partial charge in [-0.25, -0.2) is 9.97 Å². The van der Waals surface area contributed by atoms with Gasteiger partial charge in [-0.1, -0.05) is 32.0 Å². The molecule has 4 aromatic heterocycles. The molecule has 0 bridgehead atoms. The number of aromatic nitrogens is 8. The van der Waals surface area contributed by atoms with Crippen LogP contribution in [0, 0.1) is 0 Å². The van der Waals surface area contributed by atoms with Gasteiger partial charge in [-0.3, -0.25) is 9.71 Å². The van der Waals surface area contributed by atoms with Crippen LogP contribution in [0.1, 0.15) is 25.3 Å². The molecule has 4 heterocycles. The molecule has 0 saturated heterocycles. The van der Waals surface area contributed by atoms with E-state index in [2.05, 4.69) is 45.3 Å². The van der Waals surface area contributed by atoms with Crippen LogP contribution in [0.5, 0.6) is 23.1 Å². The summed E-state index contributed by atoms with van der Waals surface area (Å²) >= 11 is 0. The number of hydrogen-bond donors (Lipinski definition) is 3. The minimum Gasteiger partial charge on any atom is -0.493 e. The summed E-state index contributed by atoms with van der Waals surface area (Å²) in [5, 5.41) is 23.1. The van der Waals surface area contributed by atoms with Crippen LogP contribution in [0.3, 0.4) is 0 Å². The Morgan fingerprint density at radius 1 is 1.00 bits per heavy atom. The second-order valence-corrected chi connectivity index (χ2v) is 10.8. The Hall–Kier alpha value is -3.22. The van der Waals surface area contributed by atoms with E-state index in [-0.39, 0.29) is 118 Å². The standard InChI is InChI=1S/C27H27N9O6S.2Na/c1-16(2)18-8-9-22(29-15-18)43(38,39)34-26-23(42-21-7-5-4-6-20(21)40-3)27(41-13-12-37)31-24(30-26)17-10-11-28-19(14-17)25-32-35-36-33-25;;/h4-11,14-16,37H,12-13H2,1-3H3,(H,30,31,34)(H,32,33,35,36);;/q;2*+1. The molecular formula is C27H27N9Na2O6S+2. The van der Waals surface area contributed by atoms with E-state index in [1.807, 2.05) is 13.8 Å². The van der Waals surface area contributed by atoms with Crippen molar-refractivity contribution in [1.29, 1.82) is 0 Å². The summed E-state index contributed by atoms with van der Waals surface area (Å²) in [6.07, 6.45) is 2.99. The minimum absolute atomic E-state index is 0. The molecule has 0 unspecified atom stereocenters. The van der Waals surface area contributed by atoms with Crippen molar-refractivity contribution >= 4 is 15.8 Å². The Morgan fingerprint density at radius 3 is 2.42 bits per heavy atom. The number of anilines is 1. The molecule has 222 valence electrons. The van der Waals surface area contributed by atoms with Crippen LogP contribution in [-0.2, 0) is 10.0 Å². The van der Waals surface area contributed by atoms with Crippen molar-refractivity contribution < 1.29 is 86.8 Å². The maximum atomic E-state index is 13.6. The average Bonchev–Trinajstić information content (AvgIpc) is 3.57.